The highest BCUT2D eigenvalue weighted by atomic mass is 16.5. The summed E-state index contributed by atoms with van der Waals surface area (Å²) in [5.74, 6) is 1.66. The Morgan fingerprint density at radius 2 is 1.76 bits per heavy atom. The molecule has 5 heterocycles. The van der Waals surface area contributed by atoms with E-state index in [1.807, 2.05) is 36.4 Å². The number of methoxy groups -OCH3 is 2. The van der Waals surface area contributed by atoms with Crippen LogP contribution in [0.5, 0.6) is 23.1 Å². The quantitative estimate of drug-likeness (QED) is 0.317. The maximum atomic E-state index is 13.5. The Bertz CT molecular complexity index is 1920. The van der Waals surface area contributed by atoms with Gasteiger partial charge in [-0.15, -0.1) is 5.10 Å². The molecule has 38 heavy (non-hydrogen) atoms. The molecule has 0 N–H and O–H groups in total. The topological polar surface area (TPSA) is 114 Å². The number of pyridine rings is 1. The molecule has 1 atom stereocenters. The predicted octanol–water partition coefficient (Wildman–Crippen LogP) is 4.60. The first-order chi connectivity index (χ1) is 18.7. The summed E-state index contributed by atoms with van der Waals surface area (Å²) < 4.78 is 24.7. The molecule has 0 bridgehead atoms. The van der Waals surface area contributed by atoms with Crippen LogP contribution >= 0.6 is 0 Å². The molecular weight excluding hydrogens is 486 g/mol. The molecule has 10 nitrogen and oxygen atoms in total. The second-order valence-electron chi connectivity index (χ2n) is 8.68. The van der Waals surface area contributed by atoms with Gasteiger partial charge in [0.15, 0.2) is 28.7 Å². The summed E-state index contributed by atoms with van der Waals surface area (Å²) in [5.41, 5.74) is 2.88. The molecule has 0 aliphatic carbocycles. The molecule has 1 aliphatic heterocycles. The third-order valence-corrected chi connectivity index (χ3v) is 6.64. The fourth-order valence-electron chi connectivity index (χ4n) is 4.92. The van der Waals surface area contributed by atoms with E-state index in [1.54, 1.807) is 55.7 Å². The monoisotopic (exact) mass is 505 g/mol. The molecule has 10 heteroatoms. The Hall–Kier alpha value is -5.25. The smallest absolute Gasteiger partial charge is 0.344 e. The van der Waals surface area contributed by atoms with Crippen molar-refractivity contribution in [2.24, 2.45) is 0 Å². The highest BCUT2D eigenvalue weighted by molar-refractivity contribution is 5.87. The van der Waals surface area contributed by atoms with Gasteiger partial charge in [0, 0.05) is 18.0 Å². The average Bonchev–Trinajstić information content (AvgIpc) is 3.41. The number of hydrogen-bond donors (Lipinski definition) is 0. The number of rotatable bonds is 4. The Kier molecular flexibility index (Phi) is 4.87. The zero-order valence-corrected chi connectivity index (χ0v) is 20.3. The maximum absolute atomic E-state index is 13.5. The normalized spacial score (nSPS) is 14.1. The summed E-state index contributed by atoms with van der Waals surface area (Å²) in [6.45, 7) is 0. The van der Waals surface area contributed by atoms with E-state index in [2.05, 4.69) is 15.1 Å². The van der Waals surface area contributed by atoms with E-state index in [1.165, 1.54) is 0 Å². The number of nitrogens with zero attached hydrogens (tertiary/aromatic N) is 5. The van der Waals surface area contributed by atoms with Gasteiger partial charge in [0.2, 0.25) is 5.88 Å². The molecule has 0 spiro atoms. The van der Waals surface area contributed by atoms with Crippen LogP contribution in [0.15, 0.2) is 82.5 Å². The highest BCUT2D eigenvalue weighted by Gasteiger charge is 2.38. The standard InChI is InChI=1S/C28H19N5O5/c1-35-19-8-7-16(13-20(19)36-2)21-22-24(17-5-3-4-6-18(17)37-28(22)34)38-27-23(21)26-31-25(32-33(26)14-30-27)15-9-11-29-12-10-15/h3-14,21H,1-2H3. The van der Waals surface area contributed by atoms with E-state index in [-0.39, 0.29) is 0 Å². The third kappa shape index (κ3) is 3.23. The average molecular weight is 505 g/mol. The van der Waals surface area contributed by atoms with Crippen molar-refractivity contribution >= 4 is 16.6 Å². The fraction of sp³-hybridized carbons (Fsp3) is 0.107. The fourth-order valence-corrected chi connectivity index (χ4v) is 4.92. The van der Waals surface area contributed by atoms with Crippen molar-refractivity contribution in [1.29, 1.82) is 0 Å². The van der Waals surface area contributed by atoms with Gasteiger partial charge in [0.05, 0.1) is 36.7 Å². The molecule has 0 amide bonds. The lowest BCUT2D eigenvalue weighted by atomic mass is 9.84. The number of ether oxygens (including phenoxy) is 3. The van der Waals surface area contributed by atoms with Crippen LogP contribution in [0.3, 0.4) is 0 Å². The molecule has 186 valence electrons. The molecule has 0 saturated heterocycles. The van der Waals surface area contributed by atoms with Gasteiger partial charge in [0.1, 0.15) is 11.9 Å². The van der Waals surface area contributed by atoms with E-state index in [0.717, 1.165) is 11.1 Å². The predicted molar refractivity (Wildman–Crippen MR) is 137 cm³/mol. The van der Waals surface area contributed by atoms with Gasteiger partial charge >= 0.3 is 5.63 Å². The van der Waals surface area contributed by atoms with Crippen LogP contribution < -0.4 is 19.8 Å². The molecule has 1 unspecified atom stereocenters. The molecule has 2 aromatic carbocycles. The number of benzene rings is 2. The maximum Gasteiger partial charge on any atom is 0.344 e. The zero-order chi connectivity index (χ0) is 25.8. The molecule has 4 aromatic heterocycles. The third-order valence-electron chi connectivity index (χ3n) is 6.64. The second-order valence-corrected chi connectivity index (χ2v) is 8.68. The van der Waals surface area contributed by atoms with Crippen molar-refractivity contribution in [3.63, 3.8) is 0 Å². The van der Waals surface area contributed by atoms with Crippen molar-refractivity contribution in [3.8, 4) is 34.5 Å². The van der Waals surface area contributed by atoms with Crippen LogP contribution in [-0.2, 0) is 0 Å². The minimum Gasteiger partial charge on any atom is -0.493 e. The van der Waals surface area contributed by atoms with Gasteiger partial charge < -0.3 is 18.6 Å². The zero-order valence-electron chi connectivity index (χ0n) is 20.3. The Morgan fingerprint density at radius 1 is 0.947 bits per heavy atom. The van der Waals surface area contributed by atoms with Crippen molar-refractivity contribution in [2.75, 3.05) is 14.2 Å². The molecule has 0 fully saturated rings. The Morgan fingerprint density at radius 3 is 2.58 bits per heavy atom. The van der Waals surface area contributed by atoms with Gasteiger partial charge in [-0.3, -0.25) is 4.98 Å². The Balaban J connectivity index is 1.55. The van der Waals surface area contributed by atoms with Crippen LogP contribution in [0.25, 0.3) is 28.0 Å². The van der Waals surface area contributed by atoms with E-state index in [9.17, 15) is 4.79 Å². The number of hydrogen-bond acceptors (Lipinski definition) is 9. The summed E-state index contributed by atoms with van der Waals surface area (Å²) >= 11 is 0. The van der Waals surface area contributed by atoms with Gasteiger partial charge in [-0.05, 0) is 42.0 Å². The molecule has 0 saturated carbocycles. The van der Waals surface area contributed by atoms with Gasteiger partial charge in [0.25, 0.3) is 0 Å². The molecule has 6 aromatic rings. The van der Waals surface area contributed by atoms with Crippen LogP contribution in [0, 0.1) is 0 Å². The van der Waals surface area contributed by atoms with Crippen LogP contribution in [0.2, 0.25) is 0 Å². The highest BCUT2D eigenvalue weighted by Crippen LogP contribution is 2.49. The number of para-hydroxylation sites is 1. The summed E-state index contributed by atoms with van der Waals surface area (Å²) in [5, 5.41) is 5.29. The van der Waals surface area contributed by atoms with Crippen molar-refractivity contribution in [3.05, 3.63) is 100 Å². The largest absolute Gasteiger partial charge is 0.493 e. The number of aromatic nitrogens is 5. The molecule has 7 rings (SSSR count). The van der Waals surface area contributed by atoms with Crippen LogP contribution in [0.4, 0.5) is 0 Å². The first-order valence-electron chi connectivity index (χ1n) is 11.8. The second kappa shape index (κ2) is 8.41. The lowest BCUT2D eigenvalue weighted by Crippen LogP contribution is -2.22. The van der Waals surface area contributed by atoms with Gasteiger partial charge in [-0.1, -0.05) is 18.2 Å². The van der Waals surface area contributed by atoms with Gasteiger partial charge in [-0.2, -0.15) is 0 Å². The summed E-state index contributed by atoms with van der Waals surface area (Å²) in [7, 11) is 3.14. The lowest BCUT2D eigenvalue weighted by molar-refractivity contribution is 0.354. The van der Waals surface area contributed by atoms with Gasteiger partial charge in [-0.25, -0.2) is 19.3 Å². The lowest BCUT2D eigenvalue weighted by Gasteiger charge is -2.27. The van der Waals surface area contributed by atoms with E-state index in [0.29, 0.717) is 56.7 Å². The Labute approximate surface area is 215 Å². The SMILES string of the molecule is COc1ccc(C2c3c(c4ccccc4oc3=O)Oc3ncn4nc(-c5ccncc5)nc4c32)cc1OC. The van der Waals surface area contributed by atoms with Crippen molar-refractivity contribution in [2.45, 2.75) is 5.92 Å². The molecule has 1 aliphatic rings. The van der Waals surface area contributed by atoms with Crippen molar-refractivity contribution in [1.82, 2.24) is 24.6 Å². The molecular formula is C28H19N5O5. The van der Waals surface area contributed by atoms with Crippen LogP contribution in [0.1, 0.15) is 22.6 Å². The van der Waals surface area contributed by atoms with E-state index in [4.69, 9.17) is 23.6 Å². The summed E-state index contributed by atoms with van der Waals surface area (Å²) in [6, 6.07) is 16.4. The van der Waals surface area contributed by atoms with Crippen molar-refractivity contribution < 1.29 is 18.6 Å². The summed E-state index contributed by atoms with van der Waals surface area (Å²) in [4.78, 5) is 27.0. The first-order valence-corrected chi connectivity index (χ1v) is 11.8. The van der Waals surface area contributed by atoms with E-state index >= 15 is 0 Å². The number of fused-ring (bicyclic) bond motifs is 6. The summed E-state index contributed by atoms with van der Waals surface area (Å²) in [6.07, 6.45) is 4.91. The molecule has 0 radical (unpaired) electrons. The van der Waals surface area contributed by atoms with Crippen LogP contribution in [-0.4, -0.2) is 38.8 Å². The van der Waals surface area contributed by atoms with E-state index < -0.39 is 11.5 Å². The minimum atomic E-state index is -0.639. The first kappa shape index (κ1) is 22.0. The minimum absolute atomic E-state index is 0.328.